The highest BCUT2D eigenvalue weighted by Gasteiger charge is 2.11. The molecule has 0 atom stereocenters. The Hall–Kier alpha value is -3.05. The smallest absolute Gasteiger partial charge is 0.344 e. The van der Waals surface area contributed by atoms with Crippen LogP contribution in [-0.2, 0) is 16.1 Å². The summed E-state index contributed by atoms with van der Waals surface area (Å²) in [6.45, 7) is -0.260. The molecule has 130 valence electrons. The molecule has 26 heavy (non-hydrogen) atoms. The van der Waals surface area contributed by atoms with Crippen LogP contribution in [0, 0.1) is 0 Å². The van der Waals surface area contributed by atoms with Crippen LogP contribution < -0.4 is 4.74 Å². The molecule has 1 aromatic heterocycles. The monoisotopic (exact) mass is 367 g/mol. The number of fused-ring (bicyclic) bond motifs is 2. The normalized spacial score (nSPS) is 11.0. The lowest BCUT2D eigenvalue weighted by molar-refractivity contribution is -0.147. The molecule has 0 spiro atoms. The van der Waals surface area contributed by atoms with E-state index in [1.807, 2.05) is 48.5 Å². The number of carbonyl (C=O) groups excluding carboxylic acids is 1. The molecule has 3 aromatic carbocycles. The number of ether oxygens (including phenoxy) is 2. The van der Waals surface area contributed by atoms with Gasteiger partial charge >= 0.3 is 5.97 Å². The maximum Gasteiger partial charge on any atom is 0.344 e. The maximum atomic E-state index is 12.0. The number of rotatable bonds is 5. The average molecular weight is 368 g/mol. The lowest BCUT2D eigenvalue weighted by Gasteiger charge is -2.09. The molecule has 5 nitrogen and oxygen atoms in total. The predicted octanol–water partition coefficient (Wildman–Crippen LogP) is 4.76. The molecule has 0 amide bonds. The van der Waals surface area contributed by atoms with Crippen molar-refractivity contribution in [2.45, 2.75) is 6.61 Å². The molecule has 0 aliphatic carbocycles. The SMILES string of the molecule is O=C(COc1ccc(Cl)c2ccccc12)OCc1nc2ccccc2o1. The summed E-state index contributed by atoms with van der Waals surface area (Å²) in [5.41, 5.74) is 1.38. The van der Waals surface area contributed by atoms with E-state index in [1.54, 1.807) is 12.1 Å². The Labute approximate surface area is 154 Å². The van der Waals surface area contributed by atoms with E-state index in [1.165, 1.54) is 0 Å². The van der Waals surface area contributed by atoms with Crippen LogP contribution in [0.1, 0.15) is 5.89 Å². The summed E-state index contributed by atoms with van der Waals surface area (Å²) in [5.74, 6) is 0.409. The first-order chi connectivity index (χ1) is 12.7. The van der Waals surface area contributed by atoms with Crippen LogP contribution in [0.4, 0.5) is 0 Å². The highest BCUT2D eigenvalue weighted by Crippen LogP contribution is 2.31. The van der Waals surface area contributed by atoms with Crippen LogP contribution >= 0.6 is 11.6 Å². The molecule has 0 aliphatic heterocycles. The third-order valence-corrected chi connectivity index (χ3v) is 4.20. The van der Waals surface area contributed by atoms with Crippen molar-refractivity contribution in [1.82, 2.24) is 4.98 Å². The van der Waals surface area contributed by atoms with Gasteiger partial charge in [-0.15, -0.1) is 0 Å². The van der Waals surface area contributed by atoms with Crippen molar-refractivity contribution >= 4 is 39.4 Å². The van der Waals surface area contributed by atoms with Crippen molar-refractivity contribution in [2.75, 3.05) is 6.61 Å². The Morgan fingerprint density at radius 2 is 1.77 bits per heavy atom. The van der Waals surface area contributed by atoms with Crippen LogP contribution in [0.25, 0.3) is 21.9 Å². The van der Waals surface area contributed by atoms with Gasteiger partial charge in [0.25, 0.3) is 0 Å². The molecule has 0 radical (unpaired) electrons. The minimum Gasteiger partial charge on any atom is -0.481 e. The van der Waals surface area contributed by atoms with Crippen LogP contribution in [-0.4, -0.2) is 17.6 Å². The zero-order valence-corrected chi connectivity index (χ0v) is 14.4. The molecule has 0 saturated heterocycles. The number of para-hydroxylation sites is 2. The molecule has 0 fully saturated rings. The summed E-state index contributed by atoms with van der Waals surface area (Å²) >= 11 is 6.18. The van der Waals surface area contributed by atoms with Gasteiger partial charge in [-0.05, 0) is 24.3 Å². The van der Waals surface area contributed by atoms with Crippen molar-refractivity contribution in [3.63, 3.8) is 0 Å². The third-order valence-electron chi connectivity index (χ3n) is 3.87. The van der Waals surface area contributed by atoms with Gasteiger partial charge < -0.3 is 13.9 Å². The van der Waals surface area contributed by atoms with Crippen LogP contribution in [0.3, 0.4) is 0 Å². The molecular weight excluding hydrogens is 354 g/mol. The van der Waals surface area contributed by atoms with E-state index in [9.17, 15) is 4.79 Å². The fraction of sp³-hybridized carbons (Fsp3) is 0.100. The van der Waals surface area contributed by atoms with Gasteiger partial charge in [-0.3, -0.25) is 0 Å². The van der Waals surface area contributed by atoms with E-state index in [2.05, 4.69) is 4.98 Å². The number of carbonyl (C=O) groups is 1. The Balaban J connectivity index is 1.39. The summed E-state index contributed by atoms with van der Waals surface area (Å²) < 4.78 is 16.3. The molecule has 1 heterocycles. The first kappa shape index (κ1) is 16.4. The first-order valence-corrected chi connectivity index (χ1v) is 8.38. The molecule has 0 saturated carbocycles. The summed E-state index contributed by atoms with van der Waals surface area (Å²) in [7, 11) is 0. The van der Waals surface area contributed by atoms with Gasteiger partial charge in [0.15, 0.2) is 18.8 Å². The molecule has 0 aliphatic rings. The van der Waals surface area contributed by atoms with E-state index in [0.717, 1.165) is 16.3 Å². The molecule has 0 unspecified atom stereocenters. The highest BCUT2D eigenvalue weighted by atomic mass is 35.5. The number of oxazole rings is 1. The second kappa shape index (κ2) is 7.06. The Kier molecular flexibility index (Phi) is 4.46. The Morgan fingerprint density at radius 1 is 1.00 bits per heavy atom. The van der Waals surface area contributed by atoms with Gasteiger partial charge in [-0.1, -0.05) is 48.0 Å². The van der Waals surface area contributed by atoms with Crippen molar-refractivity contribution in [2.24, 2.45) is 0 Å². The van der Waals surface area contributed by atoms with Crippen molar-refractivity contribution < 1.29 is 18.7 Å². The fourth-order valence-electron chi connectivity index (χ4n) is 2.66. The van der Waals surface area contributed by atoms with Gasteiger partial charge in [0.1, 0.15) is 11.3 Å². The van der Waals surface area contributed by atoms with E-state index < -0.39 is 5.97 Å². The number of benzene rings is 3. The lowest BCUT2D eigenvalue weighted by atomic mass is 10.1. The lowest BCUT2D eigenvalue weighted by Crippen LogP contribution is -2.15. The summed E-state index contributed by atoms with van der Waals surface area (Å²) in [6, 6.07) is 18.4. The van der Waals surface area contributed by atoms with Gasteiger partial charge in [-0.25, -0.2) is 9.78 Å². The molecule has 4 rings (SSSR count). The van der Waals surface area contributed by atoms with Gasteiger partial charge in [0, 0.05) is 15.8 Å². The van der Waals surface area contributed by atoms with Crippen molar-refractivity contribution in [1.29, 1.82) is 0 Å². The number of halogens is 1. The average Bonchev–Trinajstić information content (AvgIpc) is 3.09. The number of nitrogens with zero attached hydrogens (tertiary/aromatic N) is 1. The summed E-state index contributed by atoms with van der Waals surface area (Å²) in [6.07, 6.45) is 0. The van der Waals surface area contributed by atoms with Gasteiger partial charge in [0.05, 0.1) is 0 Å². The van der Waals surface area contributed by atoms with Crippen LogP contribution in [0.5, 0.6) is 5.75 Å². The van der Waals surface area contributed by atoms with E-state index in [4.69, 9.17) is 25.5 Å². The highest BCUT2D eigenvalue weighted by molar-refractivity contribution is 6.35. The zero-order valence-electron chi connectivity index (χ0n) is 13.6. The summed E-state index contributed by atoms with van der Waals surface area (Å²) in [5, 5.41) is 2.34. The molecule has 4 aromatic rings. The number of aromatic nitrogens is 1. The second-order valence-corrected chi connectivity index (χ2v) is 6.02. The predicted molar refractivity (Wildman–Crippen MR) is 98.3 cm³/mol. The summed E-state index contributed by atoms with van der Waals surface area (Å²) in [4.78, 5) is 16.2. The van der Waals surface area contributed by atoms with Crippen molar-refractivity contribution in [3.8, 4) is 5.75 Å². The molecule has 6 heteroatoms. The maximum absolute atomic E-state index is 12.0. The quantitative estimate of drug-likeness (QED) is 0.476. The number of esters is 1. The number of hydrogen-bond donors (Lipinski definition) is 0. The largest absolute Gasteiger partial charge is 0.481 e. The van der Waals surface area contributed by atoms with Crippen LogP contribution in [0.2, 0.25) is 5.02 Å². The zero-order chi connectivity index (χ0) is 17.9. The Morgan fingerprint density at radius 3 is 2.62 bits per heavy atom. The van der Waals surface area contributed by atoms with Crippen LogP contribution in [0.15, 0.2) is 65.1 Å². The Bertz CT molecular complexity index is 1060. The number of hydrogen-bond acceptors (Lipinski definition) is 5. The van der Waals surface area contributed by atoms with E-state index in [-0.39, 0.29) is 13.2 Å². The van der Waals surface area contributed by atoms with E-state index >= 15 is 0 Å². The third kappa shape index (κ3) is 3.34. The van der Waals surface area contributed by atoms with Crippen molar-refractivity contribution in [3.05, 3.63) is 71.6 Å². The van der Waals surface area contributed by atoms with Gasteiger partial charge in [-0.2, -0.15) is 0 Å². The standard InChI is InChI=1S/C20H14ClNO4/c21-15-9-10-17(14-6-2-1-5-13(14)15)24-12-20(23)25-11-19-22-16-7-3-4-8-18(16)26-19/h1-10H,11-12H2. The molecule has 0 bridgehead atoms. The molecule has 0 N–H and O–H groups in total. The second-order valence-electron chi connectivity index (χ2n) is 5.62. The minimum absolute atomic E-state index is 0.0434. The fourth-order valence-corrected chi connectivity index (χ4v) is 2.89. The minimum atomic E-state index is -0.508. The first-order valence-electron chi connectivity index (χ1n) is 8.01. The van der Waals surface area contributed by atoms with Gasteiger partial charge in [0.2, 0.25) is 5.89 Å². The van der Waals surface area contributed by atoms with E-state index in [0.29, 0.717) is 22.2 Å². The molecular formula is C20H14ClNO4. The topological polar surface area (TPSA) is 61.6 Å².